The van der Waals surface area contributed by atoms with E-state index in [4.69, 9.17) is 14.3 Å². The van der Waals surface area contributed by atoms with E-state index in [0.717, 1.165) is 11.8 Å². The van der Waals surface area contributed by atoms with Gasteiger partial charge in [-0.2, -0.15) is 9.59 Å². The summed E-state index contributed by atoms with van der Waals surface area (Å²) >= 11 is 0.913. The standard InChI is InChI=1S/C13H15NO5S.CO2/c1-9(15)14-7-8-20-13(17)19-11-6-4-3-5-10(11)12(16)18-2;2-1-3/h3-6H,7-8H2,1-2H3,(H,14,15);. The number of hydrogen-bond donors (Lipinski definition) is 1. The van der Waals surface area contributed by atoms with Crippen molar-refractivity contribution in [2.24, 2.45) is 0 Å². The van der Waals surface area contributed by atoms with Gasteiger partial charge in [-0.1, -0.05) is 12.1 Å². The summed E-state index contributed by atoms with van der Waals surface area (Å²) in [5.74, 6) is -0.193. The normalized spacial score (nSPS) is 8.78. The Balaban J connectivity index is 0.00000149. The summed E-state index contributed by atoms with van der Waals surface area (Å²) in [4.78, 5) is 50.0. The van der Waals surface area contributed by atoms with Crippen LogP contribution in [0.4, 0.5) is 4.79 Å². The third-order valence-corrected chi connectivity index (χ3v) is 2.91. The van der Waals surface area contributed by atoms with Crippen LogP contribution in [-0.2, 0) is 19.1 Å². The highest BCUT2D eigenvalue weighted by atomic mass is 32.2. The molecule has 0 atom stereocenters. The number of hydrogen-bond acceptors (Lipinski definition) is 8. The first kappa shape index (κ1) is 20.4. The van der Waals surface area contributed by atoms with Gasteiger partial charge in [0.05, 0.1) is 7.11 Å². The number of esters is 1. The van der Waals surface area contributed by atoms with E-state index in [1.165, 1.54) is 26.2 Å². The van der Waals surface area contributed by atoms with Gasteiger partial charge in [0.15, 0.2) is 0 Å². The molecule has 0 saturated heterocycles. The summed E-state index contributed by atoms with van der Waals surface area (Å²) in [7, 11) is 1.25. The van der Waals surface area contributed by atoms with Crippen LogP contribution in [0, 0.1) is 0 Å². The molecule has 0 aliphatic rings. The van der Waals surface area contributed by atoms with Gasteiger partial charge in [0.2, 0.25) is 5.91 Å². The number of amides is 1. The molecule has 1 aromatic rings. The average Bonchev–Trinajstić information content (AvgIpc) is 2.52. The number of nitrogens with one attached hydrogen (secondary N) is 1. The van der Waals surface area contributed by atoms with Gasteiger partial charge in [0.25, 0.3) is 0 Å². The van der Waals surface area contributed by atoms with E-state index < -0.39 is 11.3 Å². The molecule has 1 amide bonds. The fourth-order valence-electron chi connectivity index (χ4n) is 1.31. The molecule has 1 aromatic carbocycles. The molecular formula is C14H15NO7S. The molecule has 23 heavy (non-hydrogen) atoms. The zero-order chi connectivity index (χ0) is 17.7. The molecule has 0 aromatic heterocycles. The van der Waals surface area contributed by atoms with Gasteiger partial charge in [0, 0.05) is 19.2 Å². The molecule has 0 fully saturated rings. The topological polar surface area (TPSA) is 116 Å². The Hall–Kier alpha value is -2.64. The Bertz CT molecular complexity index is 582. The van der Waals surface area contributed by atoms with Crippen molar-refractivity contribution >= 4 is 35.1 Å². The van der Waals surface area contributed by atoms with Crippen LogP contribution in [0.5, 0.6) is 5.75 Å². The largest absolute Gasteiger partial charge is 0.465 e. The summed E-state index contributed by atoms with van der Waals surface area (Å²) in [6.07, 6.45) is 0.250. The fourth-order valence-corrected chi connectivity index (χ4v) is 1.83. The Morgan fingerprint density at radius 1 is 1.22 bits per heavy atom. The maximum Gasteiger partial charge on any atom is 0.373 e. The fraction of sp³-hybridized carbons (Fsp3) is 0.286. The Labute approximate surface area is 136 Å². The summed E-state index contributed by atoms with van der Waals surface area (Å²) in [6.45, 7) is 1.77. The third kappa shape index (κ3) is 9.07. The van der Waals surface area contributed by atoms with Crippen LogP contribution >= 0.6 is 11.8 Å². The van der Waals surface area contributed by atoms with Crippen LogP contribution in [0.3, 0.4) is 0 Å². The van der Waals surface area contributed by atoms with Crippen LogP contribution in [0.1, 0.15) is 17.3 Å². The van der Waals surface area contributed by atoms with Crippen molar-refractivity contribution < 1.29 is 33.4 Å². The summed E-state index contributed by atoms with van der Waals surface area (Å²) < 4.78 is 9.68. The van der Waals surface area contributed by atoms with E-state index in [1.54, 1.807) is 12.1 Å². The molecular weight excluding hydrogens is 326 g/mol. The molecule has 0 saturated carbocycles. The molecule has 0 aliphatic heterocycles. The second kappa shape index (κ2) is 12.0. The lowest BCUT2D eigenvalue weighted by Crippen LogP contribution is -2.23. The van der Waals surface area contributed by atoms with Crippen molar-refractivity contribution in [3.05, 3.63) is 29.8 Å². The van der Waals surface area contributed by atoms with E-state index in [2.05, 4.69) is 10.1 Å². The maximum absolute atomic E-state index is 11.6. The number of carbonyl (C=O) groups is 3. The molecule has 8 nitrogen and oxygen atoms in total. The maximum atomic E-state index is 11.6. The van der Waals surface area contributed by atoms with Gasteiger partial charge >= 0.3 is 17.4 Å². The SMILES string of the molecule is COC(=O)c1ccccc1OC(=O)SCCNC(C)=O.O=C=O. The second-order valence-corrected chi connectivity index (χ2v) is 4.78. The number of thioether (sulfide) groups is 1. The molecule has 0 aliphatic carbocycles. The first-order valence-corrected chi connectivity index (χ1v) is 7.20. The first-order chi connectivity index (χ1) is 11.0. The van der Waals surface area contributed by atoms with Gasteiger partial charge in [0.1, 0.15) is 11.3 Å². The lowest BCUT2D eigenvalue weighted by Gasteiger charge is -2.08. The van der Waals surface area contributed by atoms with E-state index in [1.807, 2.05) is 0 Å². The number of para-hydroxylation sites is 1. The van der Waals surface area contributed by atoms with Crippen LogP contribution < -0.4 is 10.1 Å². The molecule has 124 valence electrons. The van der Waals surface area contributed by atoms with E-state index in [-0.39, 0.29) is 23.4 Å². The minimum atomic E-state index is -0.573. The Kier molecular flexibility index (Phi) is 10.6. The second-order valence-electron chi connectivity index (χ2n) is 3.75. The quantitative estimate of drug-likeness (QED) is 0.628. The van der Waals surface area contributed by atoms with Gasteiger partial charge in [-0.15, -0.1) is 0 Å². The minimum Gasteiger partial charge on any atom is -0.465 e. The monoisotopic (exact) mass is 341 g/mol. The van der Waals surface area contributed by atoms with Crippen molar-refractivity contribution in [1.29, 1.82) is 0 Å². The number of benzene rings is 1. The third-order valence-electron chi connectivity index (χ3n) is 2.18. The number of rotatable bonds is 5. The van der Waals surface area contributed by atoms with Crippen LogP contribution in [0.15, 0.2) is 24.3 Å². The van der Waals surface area contributed by atoms with Crippen LogP contribution in [0.25, 0.3) is 0 Å². The van der Waals surface area contributed by atoms with Crippen molar-refractivity contribution in [1.82, 2.24) is 5.32 Å². The zero-order valence-corrected chi connectivity index (χ0v) is 13.3. The minimum absolute atomic E-state index is 0.149. The first-order valence-electron chi connectivity index (χ1n) is 6.21. The van der Waals surface area contributed by atoms with Gasteiger partial charge in [-0.25, -0.2) is 9.59 Å². The van der Waals surface area contributed by atoms with Crippen molar-refractivity contribution in [3.63, 3.8) is 0 Å². The van der Waals surface area contributed by atoms with E-state index in [0.29, 0.717) is 12.3 Å². The highest BCUT2D eigenvalue weighted by molar-refractivity contribution is 8.13. The molecule has 9 heteroatoms. The van der Waals surface area contributed by atoms with Gasteiger partial charge < -0.3 is 14.8 Å². The summed E-state index contributed by atoms with van der Waals surface area (Å²) in [6, 6.07) is 6.32. The molecule has 0 heterocycles. The van der Waals surface area contributed by atoms with Crippen LogP contribution in [-0.4, -0.2) is 42.7 Å². The van der Waals surface area contributed by atoms with Crippen molar-refractivity contribution in [2.45, 2.75) is 6.92 Å². The molecule has 1 rings (SSSR count). The molecule has 0 spiro atoms. The Morgan fingerprint density at radius 3 is 2.39 bits per heavy atom. The lowest BCUT2D eigenvalue weighted by molar-refractivity contribution is -0.191. The summed E-state index contributed by atoms with van der Waals surface area (Å²) in [5.41, 5.74) is 0.186. The highest BCUT2D eigenvalue weighted by Crippen LogP contribution is 2.21. The lowest BCUT2D eigenvalue weighted by atomic mass is 10.2. The van der Waals surface area contributed by atoms with E-state index >= 15 is 0 Å². The molecule has 0 radical (unpaired) electrons. The van der Waals surface area contributed by atoms with Crippen LogP contribution in [0.2, 0.25) is 0 Å². The molecule has 0 unspecified atom stereocenters. The average molecular weight is 341 g/mol. The smallest absolute Gasteiger partial charge is 0.373 e. The highest BCUT2D eigenvalue weighted by Gasteiger charge is 2.15. The van der Waals surface area contributed by atoms with Gasteiger partial charge in [-0.3, -0.25) is 4.79 Å². The zero-order valence-electron chi connectivity index (χ0n) is 12.5. The molecule has 1 N–H and O–H groups in total. The predicted molar refractivity (Wildman–Crippen MR) is 80.0 cm³/mol. The van der Waals surface area contributed by atoms with Crippen molar-refractivity contribution in [2.75, 3.05) is 19.4 Å². The van der Waals surface area contributed by atoms with E-state index in [9.17, 15) is 14.4 Å². The Morgan fingerprint density at radius 2 is 1.83 bits per heavy atom. The number of methoxy groups -OCH3 is 1. The summed E-state index contributed by atoms with van der Waals surface area (Å²) in [5, 5.41) is 2.01. The number of carbonyl (C=O) groups excluding carboxylic acids is 5. The van der Waals surface area contributed by atoms with Crippen molar-refractivity contribution in [3.8, 4) is 5.75 Å². The van der Waals surface area contributed by atoms with Gasteiger partial charge in [-0.05, 0) is 23.9 Å². The predicted octanol–water partition coefficient (Wildman–Crippen LogP) is 1.26. The molecule has 0 bridgehead atoms. The number of ether oxygens (including phenoxy) is 2.